The van der Waals surface area contributed by atoms with Crippen LogP contribution in [0.15, 0.2) is 0 Å². The highest BCUT2D eigenvalue weighted by atomic mass is 127. The van der Waals surface area contributed by atoms with Crippen LogP contribution in [-0.4, -0.2) is 9.28 Å². The fourth-order valence-corrected chi connectivity index (χ4v) is 48.1. The van der Waals surface area contributed by atoms with Gasteiger partial charge in [-0.2, -0.15) is 0 Å². The van der Waals surface area contributed by atoms with Gasteiger partial charge in [-0.1, -0.05) is 63.6 Å². The molecule has 0 aromatic rings. The van der Waals surface area contributed by atoms with Gasteiger partial charge in [0.05, 0.1) is 9.28 Å². The molecule has 0 N–H and O–H groups in total. The molecule has 0 aromatic heterocycles. The summed E-state index contributed by atoms with van der Waals surface area (Å²) < 4.78 is 1.89. The van der Waals surface area contributed by atoms with Gasteiger partial charge < -0.3 is 0 Å². The van der Waals surface area contributed by atoms with Gasteiger partial charge in [0.2, 0.25) is 0 Å². The summed E-state index contributed by atoms with van der Waals surface area (Å²) in [4.78, 5) is 0. The average Bonchev–Trinajstić information content (AvgIpc) is 2.61. The van der Waals surface area contributed by atoms with Crippen LogP contribution in [0.25, 0.3) is 0 Å². The van der Waals surface area contributed by atoms with Crippen LogP contribution in [0.1, 0.15) is 41.5 Å². The van der Waals surface area contributed by atoms with Gasteiger partial charge in [-0.15, -0.1) is 0 Å². The zero-order valence-corrected chi connectivity index (χ0v) is 14.6. The highest BCUT2D eigenvalue weighted by Gasteiger charge is 3.10. The third kappa shape index (κ3) is 0.757. The molecule has 0 aromatic carbocycles. The first kappa shape index (κ1) is 11.1. The topological polar surface area (TPSA) is 0 Å². The van der Waals surface area contributed by atoms with Crippen LogP contribution in [0.3, 0.4) is 0 Å². The lowest BCUT2D eigenvalue weighted by Gasteiger charge is -2.64. The molecule has 0 atom stereocenters. The predicted octanol–water partition coefficient (Wildman–Crippen LogP) is 6.14. The molecule has 0 nitrogen and oxygen atoms in total. The summed E-state index contributed by atoms with van der Waals surface area (Å²) in [6.07, 6.45) is 0. The van der Waals surface area contributed by atoms with E-state index < -0.39 is 0 Å². The summed E-state index contributed by atoms with van der Waals surface area (Å²) in [6.45, 7) is 14.9. The van der Waals surface area contributed by atoms with E-state index in [1.807, 2.05) is 0 Å². The summed E-state index contributed by atoms with van der Waals surface area (Å²) in [5.74, 6) is 0. The van der Waals surface area contributed by atoms with Crippen molar-refractivity contribution in [2.24, 2.45) is 10.8 Å². The number of halogens is 1. The third-order valence-corrected chi connectivity index (χ3v) is 32.6. The largest absolute Gasteiger partial charge is 0.0586 e. The fraction of sp³-hybridized carbons (Fsp3) is 1.00. The first-order valence-electron chi connectivity index (χ1n) is 5.21. The fourth-order valence-electron chi connectivity index (χ4n) is 3.13. The van der Waals surface area contributed by atoms with Crippen molar-refractivity contribution in [3.63, 3.8) is 0 Å². The maximum atomic E-state index is 2.84. The number of hydrogen-bond acceptors (Lipinski definition) is 0. The first-order chi connectivity index (χ1) is 6.14. The lowest BCUT2D eigenvalue weighted by atomic mass is 9.97. The molecular formula is C10H18IP3. The average molecular weight is 358 g/mol. The Hall–Kier alpha value is 2.02. The second-order valence-electron chi connectivity index (χ2n) is 6.68. The van der Waals surface area contributed by atoms with Gasteiger partial charge in [0, 0.05) is 0 Å². The van der Waals surface area contributed by atoms with Gasteiger partial charge >= 0.3 is 0 Å². The molecule has 0 saturated carbocycles. The SMILES string of the molecule is CC(C)(C)C12P(I)C3(C(C)(C)C)P1P23. The van der Waals surface area contributed by atoms with E-state index in [1.54, 1.807) is 0 Å². The van der Waals surface area contributed by atoms with E-state index >= 15 is 0 Å². The Bertz CT molecular complexity index is 285. The molecule has 0 spiro atoms. The molecule has 4 heteroatoms. The van der Waals surface area contributed by atoms with Crippen molar-refractivity contribution in [3.05, 3.63) is 0 Å². The quantitative estimate of drug-likeness (QED) is 0.361. The highest BCUT2D eigenvalue weighted by molar-refractivity contribution is 14.2. The molecule has 0 unspecified atom stereocenters. The Balaban J connectivity index is 1.91. The van der Waals surface area contributed by atoms with Gasteiger partial charge in [-0.05, 0) is 31.6 Å². The third-order valence-electron chi connectivity index (χ3n) is 3.86. The lowest BCUT2D eigenvalue weighted by molar-refractivity contribution is 0.372. The zero-order valence-electron chi connectivity index (χ0n) is 9.72. The second kappa shape index (κ2) is 2.41. The van der Waals surface area contributed by atoms with Crippen molar-refractivity contribution < 1.29 is 0 Å². The van der Waals surface area contributed by atoms with Crippen LogP contribution in [-0.2, 0) is 0 Å². The van der Waals surface area contributed by atoms with Crippen LogP contribution in [0.5, 0.6) is 0 Å². The monoisotopic (exact) mass is 358 g/mol. The van der Waals surface area contributed by atoms with Gasteiger partial charge in [-0.25, -0.2) is 0 Å². The van der Waals surface area contributed by atoms with Crippen molar-refractivity contribution in [2.45, 2.75) is 50.8 Å². The van der Waals surface area contributed by atoms with Gasteiger partial charge in [0.15, 0.2) is 0 Å². The summed E-state index contributed by atoms with van der Waals surface area (Å²) in [5, 5.41) is 0. The minimum atomic E-state index is 0.338. The molecule has 4 aliphatic heterocycles. The summed E-state index contributed by atoms with van der Waals surface area (Å²) in [6, 6.07) is 0. The lowest BCUT2D eigenvalue weighted by Crippen LogP contribution is -2.50. The van der Waals surface area contributed by atoms with Crippen molar-refractivity contribution >= 4 is 42.8 Å². The Morgan fingerprint density at radius 2 is 1.07 bits per heavy atom. The zero-order chi connectivity index (χ0) is 10.7. The summed E-state index contributed by atoms with van der Waals surface area (Å²) in [7, 11) is 1.07. The Kier molecular flexibility index (Phi) is 1.91. The van der Waals surface area contributed by atoms with Crippen LogP contribution in [0.2, 0.25) is 0 Å². The van der Waals surface area contributed by atoms with Gasteiger partial charge in [0.1, 0.15) is 0 Å². The minimum absolute atomic E-state index is 0.338. The smallest absolute Gasteiger partial charge is 0.0557 e. The first-order valence-corrected chi connectivity index (χ1v) is 12.7. The summed E-state index contributed by atoms with van der Waals surface area (Å²) >= 11 is 2.84. The maximum absolute atomic E-state index is 2.84. The van der Waals surface area contributed by atoms with E-state index in [0.29, 0.717) is 31.6 Å². The Labute approximate surface area is 104 Å². The van der Waals surface area contributed by atoms with E-state index in [4.69, 9.17) is 0 Å². The van der Waals surface area contributed by atoms with Crippen molar-refractivity contribution in [1.29, 1.82) is 0 Å². The molecule has 0 aliphatic carbocycles. The van der Waals surface area contributed by atoms with E-state index in [2.05, 4.69) is 63.6 Å². The molecule has 4 fully saturated rings. The number of rotatable bonds is 0. The predicted molar refractivity (Wildman–Crippen MR) is 79.2 cm³/mol. The Morgan fingerprint density at radius 3 is 1.21 bits per heavy atom. The van der Waals surface area contributed by atoms with Gasteiger partial charge in [0.25, 0.3) is 0 Å². The molecule has 2 bridgehead atoms. The second-order valence-corrected chi connectivity index (χ2v) is 19.9. The van der Waals surface area contributed by atoms with Crippen molar-refractivity contribution in [1.82, 2.24) is 0 Å². The highest BCUT2D eigenvalue weighted by Crippen LogP contribution is 3.51. The minimum Gasteiger partial charge on any atom is -0.0586 e. The van der Waals surface area contributed by atoms with Crippen molar-refractivity contribution in [3.8, 4) is 0 Å². The van der Waals surface area contributed by atoms with Crippen LogP contribution in [0.4, 0.5) is 0 Å². The van der Waals surface area contributed by atoms with Gasteiger partial charge in [-0.3, -0.25) is 0 Å². The number of hydrogen-bond donors (Lipinski definition) is 0. The maximum Gasteiger partial charge on any atom is 0.0557 e. The molecule has 80 valence electrons. The molecular weight excluding hydrogens is 340 g/mol. The molecule has 4 heterocycles. The molecule has 4 saturated heterocycles. The van der Waals surface area contributed by atoms with Crippen LogP contribution >= 0.6 is 42.8 Å². The van der Waals surface area contributed by atoms with E-state index in [0.717, 1.165) is 9.28 Å². The normalized spacial score (nSPS) is 58.9. The molecule has 0 amide bonds. The van der Waals surface area contributed by atoms with E-state index in [1.165, 1.54) is 0 Å². The van der Waals surface area contributed by atoms with Crippen LogP contribution in [0, 0.1) is 10.8 Å². The molecule has 4 rings (SSSR count). The summed E-state index contributed by atoms with van der Waals surface area (Å²) in [5.41, 5.74) is 1.60. The standard InChI is InChI=1S/C10H18IP3/c1-7(2,3)9-12(11)10(8(4,5)6)13(9)14(9)10/h1-6H3. The molecule has 4 aliphatic rings. The molecule has 14 heavy (non-hydrogen) atoms. The molecule has 0 radical (unpaired) electrons. The van der Waals surface area contributed by atoms with Crippen LogP contribution < -0.4 is 0 Å². The van der Waals surface area contributed by atoms with E-state index in [-0.39, 0.29) is 0 Å². The van der Waals surface area contributed by atoms with E-state index in [9.17, 15) is 0 Å². The Morgan fingerprint density at radius 1 is 0.786 bits per heavy atom. The van der Waals surface area contributed by atoms with Crippen molar-refractivity contribution in [2.75, 3.05) is 0 Å².